The Morgan fingerprint density at radius 2 is 2.56 bits per heavy atom. The van der Waals surface area contributed by atoms with E-state index in [-0.39, 0.29) is 13.0 Å². The number of aliphatic hydroxyl groups is 1. The molecule has 1 N–H and O–H groups in total. The predicted molar refractivity (Wildman–Crippen MR) is 29.8 cm³/mol. The Morgan fingerprint density at radius 3 is 3.33 bits per heavy atom. The summed E-state index contributed by atoms with van der Waals surface area (Å²) in [5, 5.41) is 9.52. The summed E-state index contributed by atoms with van der Waals surface area (Å²) in [5.41, 5.74) is 0. The fraction of sp³-hybridized carbons (Fsp3) is 1.00. The van der Waals surface area contributed by atoms with E-state index >= 15 is 0 Å². The van der Waals surface area contributed by atoms with Gasteiger partial charge >= 0.3 is 0 Å². The summed E-state index contributed by atoms with van der Waals surface area (Å²) in [6.07, 6.45) is -4.42. The third kappa shape index (κ3) is 0.764. The van der Waals surface area contributed by atoms with E-state index in [1.807, 2.05) is 0 Å². The molecule has 0 amide bonds. The molecule has 2 saturated heterocycles. The van der Waals surface area contributed by atoms with E-state index in [1.54, 1.807) is 0 Å². The molecule has 2 aliphatic heterocycles. The number of hydrogen-bond donors (Lipinski definition) is 1. The number of rotatable bonds is 0. The van der Waals surface area contributed by atoms with Gasteiger partial charge in [-0.25, -0.2) is 0 Å². The van der Waals surface area contributed by atoms with Crippen LogP contribution in [-0.2, 0) is 9.47 Å². The minimum atomic E-state index is -2.40. The lowest BCUT2D eigenvalue weighted by molar-refractivity contribution is -0.0907. The van der Waals surface area contributed by atoms with Gasteiger partial charge in [0, 0.05) is 7.26 Å². The monoisotopic (exact) mass is 134 g/mol. The fourth-order valence-corrected chi connectivity index (χ4v) is 0.953. The van der Waals surface area contributed by atoms with Crippen molar-refractivity contribution in [1.82, 2.24) is 0 Å². The Kier molecular flexibility index (Phi) is 0.616. The molecule has 0 aromatic heterocycles. The van der Waals surface area contributed by atoms with Crippen molar-refractivity contribution in [3.63, 3.8) is 0 Å². The van der Waals surface area contributed by atoms with Crippen LogP contribution in [0.2, 0.25) is 0 Å². The number of fused-ring (bicyclic) bond motifs is 1. The predicted octanol–water partition coefficient (Wildman–Crippen LogP) is -0.260. The van der Waals surface area contributed by atoms with Crippen molar-refractivity contribution in [2.75, 3.05) is 13.2 Å². The minimum absolute atomic E-state index is 0.0336. The molecular formula is C6H10O3. The van der Waals surface area contributed by atoms with Crippen molar-refractivity contribution in [2.45, 2.75) is 18.8 Å². The molecule has 0 aromatic rings. The standard InChI is InChI=1S/C6H10O3/c7-5-3-9-6-4(5)1-2-8-6/h4-7H,1-3H2/t4-,5-,6?/m0/s1/i3D,4D,5D,6D/t3?,4-,5-,6?. The van der Waals surface area contributed by atoms with Crippen molar-refractivity contribution in [3.05, 3.63) is 0 Å². The quantitative estimate of drug-likeness (QED) is 0.496. The van der Waals surface area contributed by atoms with Gasteiger partial charge in [0.05, 0.1) is 23.4 Å². The summed E-state index contributed by atoms with van der Waals surface area (Å²) in [6.45, 7) is -1.52. The fourth-order valence-electron chi connectivity index (χ4n) is 0.953. The molecule has 4 atom stereocenters. The average molecular weight is 134 g/mol. The van der Waals surface area contributed by atoms with Gasteiger partial charge in [-0.15, -0.1) is 0 Å². The largest absolute Gasteiger partial charge is 0.390 e. The molecule has 3 nitrogen and oxygen atoms in total. The third-order valence-corrected chi connectivity index (χ3v) is 1.42. The van der Waals surface area contributed by atoms with Gasteiger partial charge in [0.15, 0.2) is 6.27 Å². The first kappa shape index (κ1) is 2.86. The van der Waals surface area contributed by atoms with Gasteiger partial charge < -0.3 is 14.6 Å². The lowest BCUT2D eigenvalue weighted by Crippen LogP contribution is -2.18. The zero-order valence-corrected chi connectivity index (χ0v) is 4.76. The maximum atomic E-state index is 9.52. The van der Waals surface area contributed by atoms with Crippen LogP contribution in [0.25, 0.3) is 0 Å². The van der Waals surface area contributed by atoms with Gasteiger partial charge in [-0.05, 0) is 6.42 Å². The maximum absolute atomic E-state index is 9.52. The zero-order valence-electron chi connectivity index (χ0n) is 8.76. The van der Waals surface area contributed by atoms with Crippen LogP contribution in [0.1, 0.15) is 11.9 Å². The van der Waals surface area contributed by atoms with Gasteiger partial charge in [-0.2, -0.15) is 0 Å². The molecule has 0 bridgehead atoms. The molecule has 2 unspecified atom stereocenters. The maximum Gasteiger partial charge on any atom is 0.163 e. The summed E-state index contributed by atoms with van der Waals surface area (Å²) in [4.78, 5) is 0. The molecule has 9 heavy (non-hydrogen) atoms. The van der Waals surface area contributed by atoms with E-state index < -0.39 is 24.8 Å². The van der Waals surface area contributed by atoms with E-state index in [0.717, 1.165) is 0 Å². The van der Waals surface area contributed by atoms with E-state index in [4.69, 9.17) is 10.2 Å². The minimum Gasteiger partial charge on any atom is -0.390 e. The molecule has 3 heteroatoms. The highest BCUT2D eigenvalue weighted by molar-refractivity contribution is 4.81. The van der Waals surface area contributed by atoms with Gasteiger partial charge in [0.2, 0.25) is 0 Å². The highest BCUT2D eigenvalue weighted by atomic mass is 16.7. The van der Waals surface area contributed by atoms with Gasteiger partial charge in [0.25, 0.3) is 0 Å². The Morgan fingerprint density at radius 1 is 1.67 bits per heavy atom. The first-order valence-corrected chi connectivity index (χ1v) is 2.80. The van der Waals surface area contributed by atoms with Gasteiger partial charge in [0.1, 0.15) is 0 Å². The molecular weight excluding hydrogens is 120 g/mol. The van der Waals surface area contributed by atoms with Gasteiger partial charge in [-0.3, -0.25) is 0 Å². The lowest BCUT2D eigenvalue weighted by atomic mass is 10.0. The van der Waals surface area contributed by atoms with Crippen molar-refractivity contribution in [3.8, 4) is 0 Å². The highest BCUT2D eigenvalue weighted by Crippen LogP contribution is 2.30. The van der Waals surface area contributed by atoms with Gasteiger partial charge in [-0.1, -0.05) is 0 Å². The molecule has 2 aliphatic rings. The van der Waals surface area contributed by atoms with Crippen molar-refractivity contribution < 1.29 is 20.1 Å². The second-order valence-electron chi connectivity index (χ2n) is 1.99. The average Bonchev–Trinajstić information content (AvgIpc) is 2.34. The molecule has 2 fully saturated rings. The first-order valence-electron chi connectivity index (χ1n) is 4.88. The molecule has 0 radical (unpaired) electrons. The second-order valence-corrected chi connectivity index (χ2v) is 1.99. The normalized spacial score (nSPS) is 88.8. The van der Waals surface area contributed by atoms with Crippen molar-refractivity contribution in [2.24, 2.45) is 5.89 Å². The highest BCUT2D eigenvalue weighted by Gasteiger charge is 2.40. The van der Waals surface area contributed by atoms with Crippen LogP contribution in [0.4, 0.5) is 0 Å². The molecule has 52 valence electrons. The topological polar surface area (TPSA) is 38.7 Å². The smallest absolute Gasteiger partial charge is 0.163 e. The van der Waals surface area contributed by atoms with E-state index in [2.05, 4.69) is 4.74 Å². The number of hydrogen-bond acceptors (Lipinski definition) is 3. The molecule has 0 aliphatic carbocycles. The van der Waals surface area contributed by atoms with Crippen LogP contribution in [0.5, 0.6) is 0 Å². The Labute approximate surface area is 59.2 Å². The first-order chi connectivity index (χ1) is 5.83. The summed E-state index contributed by atoms with van der Waals surface area (Å²) < 4.78 is 39.4. The Balaban J connectivity index is 2.45. The van der Waals surface area contributed by atoms with Crippen molar-refractivity contribution in [1.29, 1.82) is 0 Å². The van der Waals surface area contributed by atoms with Crippen LogP contribution in [-0.4, -0.2) is 30.6 Å². The SMILES string of the molecule is [2H]C1OC2([2H])OCC[C@@]2([2H])[C@@]1([2H])O. The van der Waals surface area contributed by atoms with Crippen LogP contribution >= 0.6 is 0 Å². The zero-order chi connectivity index (χ0) is 9.91. The molecule has 2 rings (SSSR count). The van der Waals surface area contributed by atoms with E-state index in [9.17, 15) is 5.11 Å². The third-order valence-electron chi connectivity index (χ3n) is 1.42. The second kappa shape index (κ2) is 1.94. The van der Waals surface area contributed by atoms with Crippen LogP contribution in [0, 0.1) is 5.89 Å². The molecule has 0 aromatic carbocycles. The molecule has 2 heterocycles. The molecule has 0 saturated carbocycles. The van der Waals surface area contributed by atoms with Crippen LogP contribution < -0.4 is 0 Å². The Hall–Kier alpha value is -0.120. The number of ether oxygens (including phenoxy) is 2. The summed E-state index contributed by atoms with van der Waals surface area (Å²) in [6, 6.07) is 0. The summed E-state index contributed by atoms with van der Waals surface area (Å²) >= 11 is 0. The van der Waals surface area contributed by atoms with E-state index in [1.165, 1.54) is 0 Å². The lowest BCUT2D eigenvalue weighted by Gasteiger charge is -2.06. The molecule has 0 spiro atoms. The summed E-state index contributed by atoms with van der Waals surface area (Å²) in [5.74, 6) is -1.88. The van der Waals surface area contributed by atoms with Crippen LogP contribution in [0.15, 0.2) is 0 Å². The Bertz CT molecular complexity index is 241. The van der Waals surface area contributed by atoms with Crippen molar-refractivity contribution >= 4 is 0 Å². The van der Waals surface area contributed by atoms with Crippen LogP contribution in [0.3, 0.4) is 0 Å². The van der Waals surface area contributed by atoms with E-state index in [0.29, 0.717) is 0 Å². The summed E-state index contributed by atoms with van der Waals surface area (Å²) in [7, 11) is 0.